The van der Waals surface area contributed by atoms with Crippen LogP contribution in [-0.4, -0.2) is 58.8 Å². The van der Waals surface area contributed by atoms with Crippen molar-refractivity contribution in [2.75, 3.05) is 19.6 Å². The van der Waals surface area contributed by atoms with E-state index in [1.165, 1.54) is 11.1 Å². The number of fused-ring (bicyclic) bond motifs is 1. The summed E-state index contributed by atoms with van der Waals surface area (Å²) in [7, 11) is 0. The van der Waals surface area contributed by atoms with Crippen LogP contribution in [0.4, 0.5) is 0 Å². The first-order valence-electron chi connectivity index (χ1n) is 10.5. The Labute approximate surface area is 168 Å². The Morgan fingerprint density at radius 1 is 0.964 bits per heavy atom. The van der Waals surface area contributed by atoms with Gasteiger partial charge in [0.2, 0.25) is 0 Å². The molecule has 0 radical (unpaired) electrons. The number of benzene rings is 2. The first kappa shape index (κ1) is 19.4. The SMILES string of the molecule is CC(C)Oc1ccc(CN2C[C@@H]3C[C@@H](O)CN3C[C@@H]2Cc2ccccc2)cc1. The zero-order valence-electron chi connectivity index (χ0n) is 17.0. The van der Waals surface area contributed by atoms with Crippen molar-refractivity contribution in [2.45, 2.75) is 57.5 Å². The summed E-state index contributed by atoms with van der Waals surface area (Å²) in [4.78, 5) is 5.11. The molecule has 2 heterocycles. The Hall–Kier alpha value is -1.88. The third kappa shape index (κ3) is 4.75. The smallest absolute Gasteiger partial charge is 0.119 e. The molecule has 0 aromatic heterocycles. The average Bonchev–Trinajstić information content (AvgIpc) is 3.03. The molecule has 2 aliphatic rings. The van der Waals surface area contributed by atoms with E-state index < -0.39 is 0 Å². The summed E-state index contributed by atoms with van der Waals surface area (Å²) in [6.07, 6.45) is 1.97. The molecule has 0 aliphatic carbocycles. The normalized spacial score (nSPS) is 25.8. The molecule has 4 rings (SSSR count). The van der Waals surface area contributed by atoms with Gasteiger partial charge in [-0.25, -0.2) is 0 Å². The first-order valence-corrected chi connectivity index (χ1v) is 10.5. The molecular formula is C24H32N2O2. The van der Waals surface area contributed by atoms with Crippen molar-refractivity contribution in [1.29, 1.82) is 0 Å². The summed E-state index contributed by atoms with van der Waals surface area (Å²) in [5.74, 6) is 0.934. The van der Waals surface area contributed by atoms with Crippen molar-refractivity contribution in [1.82, 2.24) is 9.80 Å². The lowest BCUT2D eigenvalue weighted by Crippen LogP contribution is -2.56. The molecule has 150 valence electrons. The standard InChI is InChI=1S/C24H32N2O2/c1-18(2)28-24-10-8-20(9-11-24)14-25-16-22-13-23(27)17-26(22)15-21(25)12-19-6-4-3-5-7-19/h3-11,18,21-23,27H,12-17H2,1-2H3/t21-,22-,23+/m0/s1. The van der Waals surface area contributed by atoms with Crippen molar-refractivity contribution >= 4 is 0 Å². The molecule has 0 unspecified atom stereocenters. The van der Waals surface area contributed by atoms with Gasteiger partial charge in [0, 0.05) is 38.3 Å². The van der Waals surface area contributed by atoms with Crippen LogP contribution in [0, 0.1) is 0 Å². The van der Waals surface area contributed by atoms with E-state index in [9.17, 15) is 5.11 Å². The highest BCUT2D eigenvalue weighted by Gasteiger charge is 2.39. The Balaban J connectivity index is 1.48. The van der Waals surface area contributed by atoms with Gasteiger partial charge in [0.05, 0.1) is 12.2 Å². The lowest BCUT2D eigenvalue weighted by molar-refractivity contribution is 0.0445. The minimum Gasteiger partial charge on any atom is -0.491 e. The van der Waals surface area contributed by atoms with Crippen LogP contribution in [0.15, 0.2) is 54.6 Å². The predicted octanol–water partition coefficient (Wildman–Crippen LogP) is 3.34. The number of aliphatic hydroxyl groups is 1. The number of hydrogen-bond acceptors (Lipinski definition) is 4. The molecule has 2 aromatic rings. The fourth-order valence-corrected chi connectivity index (χ4v) is 4.63. The van der Waals surface area contributed by atoms with Gasteiger partial charge >= 0.3 is 0 Å². The topological polar surface area (TPSA) is 35.9 Å². The quantitative estimate of drug-likeness (QED) is 0.834. The second-order valence-corrected chi connectivity index (χ2v) is 8.58. The molecule has 0 bridgehead atoms. The molecule has 2 aromatic carbocycles. The summed E-state index contributed by atoms with van der Waals surface area (Å²) >= 11 is 0. The van der Waals surface area contributed by atoms with Crippen LogP contribution < -0.4 is 4.74 Å². The van der Waals surface area contributed by atoms with E-state index in [0.717, 1.165) is 44.8 Å². The Morgan fingerprint density at radius 3 is 2.43 bits per heavy atom. The molecule has 28 heavy (non-hydrogen) atoms. The van der Waals surface area contributed by atoms with E-state index in [0.29, 0.717) is 12.1 Å². The molecule has 2 aliphatic heterocycles. The number of rotatable bonds is 6. The van der Waals surface area contributed by atoms with Gasteiger partial charge in [0.1, 0.15) is 5.75 Å². The van der Waals surface area contributed by atoms with Crippen molar-refractivity contribution < 1.29 is 9.84 Å². The summed E-state index contributed by atoms with van der Waals surface area (Å²) in [5.41, 5.74) is 2.71. The van der Waals surface area contributed by atoms with Crippen LogP contribution in [0.5, 0.6) is 5.75 Å². The van der Waals surface area contributed by atoms with E-state index in [1.54, 1.807) is 0 Å². The van der Waals surface area contributed by atoms with E-state index >= 15 is 0 Å². The van der Waals surface area contributed by atoms with Gasteiger partial charge in [0.25, 0.3) is 0 Å². The van der Waals surface area contributed by atoms with Crippen molar-refractivity contribution in [2.24, 2.45) is 0 Å². The maximum atomic E-state index is 10.1. The van der Waals surface area contributed by atoms with Crippen LogP contribution >= 0.6 is 0 Å². The molecule has 3 atom stereocenters. The molecule has 4 nitrogen and oxygen atoms in total. The minimum atomic E-state index is -0.171. The molecular weight excluding hydrogens is 348 g/mol. The highest BCUT2D eigenvalue weighted by Crippen LogP contribution is 2.28. The van der Waals surface area contributed by atoms with E-state index in [2.05, 4.69) is 78.2 Å². The third-order valence-corrected chi connectivity index (χ3v) is 5.91. The van der Waals surface area contributed by atoms with Gasteiger partial charge in [0.15, 0.2) is 0 Å². The molecule has 0 spiro atoms. The summed E-state index contributed by atoms with van der Waals surface area (Å²) < 4.78 is 5.78. The first-order chi connectivity index (χ1) is 13.6. The van der Waals surface area contributed by atoms with Crippen LogP contribution in [-0.2, 0) is 13.0 Å². The van der Waals surface area contributed by atoms with Crippen LogP contribution in [0.25, 0.3) is 0 Å². The average molecular weight is 381 g/mol. The predicted molar refractivity (Wildman–Crippen MR) is 113 cm³/mol. The van der Waals surface area contributed by atoms with Gasteiger partial charge in [-0.2, -0.15) is 0 Å². The zero-order valence-corrected chi connectivity index (χ0v) is 17.0. The number of ether oxygens (including phenoxy) is 1. The zero-order chi connectivity index (χ0) is 19.5. The third-order valence-electron chi connectivity index (χ3n) is 5.91. The molecule has 0 saturated carbocycles. The maximum absolute atomic E-state index is 10.1. The number of nitrogens with zero attached hydrogens (tertiary/aromatic N) is 2. The Kier molecular flexibility index (Phi) is 6.00. The largest absolute Gasteiger partial charge is 0.491 e. The summed E-state index contributed by atoms with van der Waals surface area (Å²) in [5, 5.41) is 10.1. The van der Waals surface area contributed by atoms with Gasteiger partial charge in [-0.3, -0.25) is 9.80 Å². The van der Waals surface area contributed by atoms with Gasteiger partial charge in [-0.1, -0.05) is 42.5 Å². The number of aliphatic hydroxyl groups excluding tert-OH is 1. The Bertz CT molecular complexity index is 747. The summed E-state index contributed by atoms with van der Waals surface area (Å²) in [6, 6.07) is 20.3. The van der Waals surface area contributed by atoms with Gasteiger partial charge in [-0.05, 0) is 49.9 Å². The summed E-state index contributed by atoms with van der Waals surface area (Å²) in [6.45, 7) is 7.93. The molecule has 4 heteroatoms. The number of hydrogen-bond donors (Lipinski definition) is 1. The molecule has 0 amide bonds. The second-order valence-electron chi connectivity index (χ2n) is 8.58. The van der Waals surface area contributed by atoms with Crippen molar-refractivity contribution in [3.63, 3.8) is 0 Å². The maximum Gasteiger partial charge on any atom is 0.119 e. The lowest BCUT2D eigenvalue weighted by atomic mass is 9.99. The Morgan fingerprint density at radius 2 is 1.71 bits per heavy atom. The second kappa shape index (κ2) is 8.64. The lowest BCUT2D eigenvalue weighted by Gasteiger charge is -2.44. The fraction of sp³-hybridized carbons (Fsp3) is 0.500. The van der Waals surface area contributed by atoms with E-state index in [4.69, 9.17) is 4.74 Å². The van der Waals surface area contributed by atoms with E-state index in [-0.39, 0.29) is 12.2 Å². The van der Waals surface area contributed by atoms with Gasteiger partial charge in [-0.15, -0.1) is 0 Å². The fourth-order valence-electron chi connectivity index (χ4n) is 4.63. The number of piperazine rings is 1. The molecule has 1 N–H and O–H groups in total. The monoisotopic (exact) mass is 380 g/mol. The minimum absolute atomic E-state index is 0.171. The van der Waals surface area contributed by atoms with Crippen LogP contribution in [0.3, 0.4) is 0 Å². The van der Waals surface area contributed by atoms with Crippen molar-refractivity contribution in [3.05, 3.63) is 65.7 Å². The van der Waals surface area contributed by atoms with Crippen LogP contribution in [0.2, 0.25) is 0 Å². The van der Waals surface area contributed by atoms with Gasteiger partial charge < -0.3 is 9.84 Å². The molecule has 2 fully saturated rings. The van der Waals surface area contributed by atoms with E-state index in [1.807, 2.05) is 0 Å². The van der Waals surface area contributed by atoms with Crippen molar-refractivity contribution in [3.8, 4) is 5.75 Å². The highest BCUT2D eigenvalue weighted by atomic mass is 16.5. The molecule has 2 saturated heterocycles. The van der Waals surface area contributed by atoms with Crippen LogP contribution in [0.1, 0.15) is 31.4 Å². The highest BCUT2D eigenvalue weighted by molar-refractivity contribution is 5.27.